The van der Waals surface area contributed by atoms with Crippen LogP contribution in [-0.4, -0.2) is 25.0 Å². The van der Waals surface area contributed by atoms with Gasteiger partial charge in [0.15, 0.2) is 0 Å². The van der Waals surface area contributed by atoms with Crippen molar-refractivity contribution in [1.82, 2.24) is 0 Å². The SMILES string of the molecule is CC(C)(C)[Si](OCCC(O)c1ccc([N+](=O)[O-])cc1)(c1ccccc1)c1ccccc1. The van der Waals surface area contributed by atoms with Crippen LogP contribution in [0.5, 0.6) is 0 Å². The standard InChI is InChI=1S/C25H29NO4Si/c1-25(2,3)31(22-10-6-4-7-11-22,23-12-8-5-9-13-23)30-19-18-24(27)20-14-16-21(17-15-20)26(28)29/h4-17,24,27H,18-19H2,1-3H3. The van der Waals surface area contributed by atoms with Gasteiger partial charge in [0.1, 0.15) is 0 Å². The molecule has 3 aromatic rings. The largest absolute Gasteiger partial charge is 0.407 e. The van der Waals surface area contributed by atoms with E-state index in [4.69, 9.17) is 4.43 Å². The molecule has 1 unspecified atom stereocenters. The van der Waals surface area contributed by atoms with E-state index in [1.807, 2.05) is 36.4 Å². The number of nitro groups is 1. The molecular weight excluding hydrogens is 406 g/mol. The number of hydrogen-bond acceptors (Lipinski definition) is 4. The van der Waals surface area contributed by atoms with Gasteiger partial charge in [-0.3, -0.25) is 10.1 Å². The van der Waals surface area contributed by atoms with E-state index >= 15 is 0 Å². The molecule has 0 bridgehead atoms. The summed E-state index contributed by atoms with van der Waals surface area (Å²) >= 11 is 0. The first-order valence-corrected chi connectivity index (χ1v) is 12.3. The summed E-state index contributed by atoms with van der Waals surface area (Å²) in [5, 5.41) is 23.8. The highest BCUT2D eigenvalue weighted by Crippen LogP contribution is 2.37. The van der Waals surface area contributed by atoms with Crippen molar-refractivity contribution in [2.75, 3.05) is 6.61 Å². The second-order valence-corrected chi connectivity index (χ2v) is 13.0. The van der Waals surface area contributed by atoms with Crippen LogP contribution in [0.15, 0.2) is 84.9 Å². The molecule has 0 aliphatic carbocycles. The predicted octanol–water partition coefficient (Wildman–Crippen LogP) is 4.59. The van der Waals surface area contributed by atoms with Crippen LogP contribution in [-0.2, 0) is 4.43 Å². The lowest BCUT2D eigenvalue weighted by atomic mass is 10.1. The van der Waals surface area contributed by atoms with Crippen molar-refractivity contribution in [3.05, 3.63) is 101 Å². The van der Waals surface area contributed by atoms with Crippen LogP contribution < -0.4 is 10.4 Å². The van der Waals surface area contributed by atoms with E-state index in [1.165, 1.54) is 22.5 Å². The molecular formula is C25H29NO4Si. The predicted molar refractivity (Wildman–Crippen MR) is 126 cm³/mol. The molecule has 3 aromatic carbocycles. The molecule has 0 aromatic heterocycles. The molecule has 0 amide bonds. The number of aliphatic hydroxyl groups excluding tert-OH is 1. The minimum absolute atomic E-state index is 0.0134. The normalized spacial score (nSPS) is 13.0. The highest BCUT2D eigenvalue weighted by molar-refractivity contribution is 6.99. The monoisotopic (exact) mass is 435 g/mol. The van der Waals surface area contributed by atoms with Crippen molar-refractivity contribution in [2.24, 2.45) is 0 Å². The Labute approximate surface area is 184 Å². The Morgan fingerprint density at radius 3 is 1.81 bits per heavy atom. The first-order valence-electron chi connectivity index (χ1n) is 10.4. The van der Waals surface area contributed by atoms with Gasteiger partial charge >= 0.3 is 0 Å². The fraction of sp³-hybridized carbons (Fsp3) is 0.280. The Kier molecular flexibility index (Phi) is 7.05. The molecule has 0 saturated heterocycles. The number of aliphatic hydroxyl groups is 1. The second-order valence-electron chi connectivity index (χ2n) is 8.66. The van der Waals surface area contributed by atoms with E-state index in [0.29, 0.717) is 18.6 Å². The van der Waals surface area contributed by atoms with Crippen molar-refractivity contribution in [1.29, 1.82) is 0 Å². The van der Waals surface area contributed by atoms with Gasteiger partial charge in [-0.05, 0) is 39.5 Å². The quantitative estimate of drug-likeness (QED) is 0.319. The highest BCUT2D eigenvalue weighted by atomic mass is 28.4. The van der Waals surface area contributed by atoms with Gasteiger partial charge in [0.05, 0.1) is 11.0 Å². The summed E-state index contributed by atoms with van der Waals surface area (Å²) in [6.45, 7) is 7.02. The summed E-state index contributed by atoms with van der Waals surface area (Å²) in [7, 11) is -2.64. The fourth-order valence-corrected chi connectivity index (χ4v) is 8.65. The average Bonchev–Trinajstić information content (AvgIpc) is 2.77. The van der Waals surface area contributed by atoms with E-state index in [0.717, 1.165) is 0 Å². The number of non-ortho nitro benzene ring substituents is 1. The third-order valence-electron chi connectivity index (χ3n) is 5.62. The van der Waals surface area contributed by atoms with E-state index < -0.39 is 19.3 Å². The van der Waals surface area contributed by atoms with E-state index in [9.17, 15) is 15.2 Å². The summed E-state index contributed by atoms with van der Waals surface area (Å²) in [5.41, 5.74) is 0.663. The third-order valence-corrected chi connectivity index (χ3v) is 10.7. The van der Waals surface area contributed by atoms with E-state index in [2.05, 4.69) is 45.0 Å². The van der Waals surface area contributed by atoms with E-state index in [1.54, 1.807) is 12.1 Å². The van der Waals surface area contributed by atoms with Crippen LogP contribution in [0, 0.1) is 10.1 Å². The molecule has 1 atom stereocenters. The van der Waals surface area contributed by atoms with Crippen molar-refractivity contribution in [3.8, 4) is 0 Å². The number of nitro benzene ring substituents is 1. The minimum atomic E-state index is -2.64. The third kappa shape index (κ3) is 4.93. The molecule has 0 aliphatic rings. The van der Waals surface area contributed by atoms with E-state index in [-0.39, 0.29) is 10.7 Å². The number of rotatable bonds is 8. The van der Waals surface area contributed by atoms with Gasteiger partial charge in [0, 0.05) is 18.7 Å². The van der Waals surface area contributed by atoms with Gasteiger partial charge in [0.2, 0.25) is 0 Å². The number of hydrogen-bond donors (Lipinski definition) is 1. The summed E-state index contributed by atoms with van der Waals surface area (Å²) in [5.74, 6) is 0. The lowest BCUT2D eigenvalue weighted by Crippen LogP contribution is -2.66. The van der Waals surface area contributed by atoms with Crippen molar-refractivity contribution < 1.29 is 14.5 Å². The van der Waals surface area contributed by atoms with Gasteiger partial charge in [-0.2, -0.15) is 0 Å². The molecule has 0 heterocycles. The van der Waals surface area contributed by atoms with Crippen LogP contribution in [0.25, 0.3) is 0 Å². The molecule has 31 heavy (non-hydrogen) atoms. The van der Waals surface area contributed by atoms with Gasteiger partial charge in [-0.15, -0.1) is 0 Å². The van der Waals surface area contributed by atoms with Crippen LogP contribution in [0.3, 0.4) is 0 Å². The maximum absolute atomic E-state index is 10.9. The van der Waals surface area contributed by atoms with Gasteiger partial charge in [0.25, 0.3) is 14.0 Å². The highest BCUT2D eigenvalue weighted by Gasteiger charge is 2.50. The Morgan fingerprint density at radius 2 is 1.39 bits per heavy atom. The van der Waals surface area contributed by atoms with Crippen molar-refractivity contribution in [2.45, 2.75) is 38.3 Å². The molecule has 0 aliphatic heterocycles. The first-order chi connectivity index (χ1) is 14.8. The summed E-state index contributed by atoms with van der Waals surface area (Å²) in [4.78, 5) is 10.4. The molecule has 0 fully saturated rings. The molecule has 5 nitrogen and oxygen atoms in total. The first kappa shape index (κ1) is 22.9. The molecule has 0 radical (unpaired) electrons. The molecule has 0 spiro atoms. The van der Waals surface area contributed by atoms with Crippen molar-refractivity contribution >= 4 is 24.4 Å². The molecule has 0 saturated carbocycles. The molecule has 6 heteroatoms. The minimum Gasteiger partial charge on any atom is -0.407 e. The maximum Gasteiger partial charge on any atom is 0.269 e. The van der Waals surface area contributed by atoms with Crippen LogP contribution in [0.4, 0.5) is 5.69 Å². The average molecular weight is 436 g/mol. The Hall–Kier alpha value is -2.80. The number of benzene rings is 3. The second kappa shape index (κ2) is 9.56. The van der Waals surface area contributed by atoms with Gasteiger partial charge in [-0.1, -0.05) is 81.4 Å². The summed E-state index contributed by atoms with van der Waals surface area (Å²) < 4.78 is 6.79. The zero-order valence-corrected chi connectivity index (χ0v) is 19.2. The zero-order chi connectivity index (χ0) is 22.5. The summed E-state index contributed by atoms with van der Waals surface area (Å²) in [6, 6.07) is 26.8. The van der Waals surface area contributed by atoms with Crippen LogP contribution in [0.2, 0.25) is 5.04 Å². The molecule has 1 N–H and O–H groups in total. The van der Waals surface area contributed by atoms with Crippen molar-refractivity contribution in [3.63, 3.8) is 0 Å². The maximum atomic E-state index is 10.9. The molecule has 162 valence electrons. The Balaban J connectivity index is 1.86. The van der Waals surface area contributed by atoms with Crippen LogP contribution in [0.1, 0.15) is 38.9 Å². The topological polar surface area (TPSA) is 72.6 Å². The Bertz CT molecular complexity index is 946. The Morgan fingerprint density at radius 1 is 0.903 bits per heavy atom. The van der Waals surface area contributed by atoms with Gasteiger partial charge in [-0.25, -0.2) is 0 Å². The fourth-order valence-electron chi connectivity index (χ4n) is 4.07. The lowest BCUT2D eigenvalue weighted by molar-refractivity contribution is -0.384. The number of nitrogens with zero attached hydrogens (tertiary/aromatic N) is 1. The smallest absolute Gasteiger partial charge is 0.269 e. The van der Waals surface area contributed by atoms with Gasteiger partial charge < -0.3 is 9.53 Å². The lowest BCUT2D eigenvalue weighted by Gasteiger charge is -2.43. The van der Waals surface area contributed by atoms with Crippen LogP contribution >= 0.6 is 0 Å². The molecule has 3 rings (SSSR count). The summed E-state index contributed by atoms with van der Waals surface area (Å²) in [6.07, 6.45) is -0.346. The zero-order valence-electron chi connectivity index (χ0n) is 18.2.